The highest BCUT2D eigenvalue weighted by Gasteiger charge is 2.14. The summed E-state index contributed by atoms with van der Waals surface area (Å²) in [7, 11) is 0. The number of aromatic amines is 2. The van der Waals surface area contributed by atoms with E-state index in [0.717, 1.165) is 29.2 Å². The molecule has 0 radical (unpaired) electrons. The number of nitrogens with one attached hydrogen (secondary N) is 2. The second-order valence-corrected chi connectivity index (χ2v) is 4.80. The van der Waals surface area contributed by atoms with E-state index in [9.17, 15) is 0 Å². The van der Waals surface area contributed by atoms with Gasteiger partial charge in [-0.15, -0.1) is 0 Å². The van der Waals surface area contributed by atoms with Crippen LogP contribution in [-0.4, -0.2) is 15.7 Å². The van der Waals surface area contributed by atoms with Crippen molar-refractivity contribution >= 4 is 23.4 Å². The summed E-state index contributed by atoms with van der Waals surface area (Å²) in [5.41, 5.74) is 5.21. The summed E-state index contributed by atoms with van der Waals surface area (Å²) in [4.78, 5) is 10.9. The summed E-state index contributed by atoms with van der Waals surface area (Å²) in [5.74, 6) is 0. The molecular weight excluding hydrogens is 258 g/mol. The summed E-state index contributed by atoms with van der Waals surface area (Å²) in [6.45, 7) is 2.13. The lowest BCUT2D eigenvalue weighted by molar-refractivity contribution is 1.11. The molecule has 19 heavy (non-hydrogen) atoms. The van der Waals surface area contributed by atoms with Crippen LogP contribution >= 0.6 is 11.6 Å². The maximum Gasteiger partial charge on any atom is 0.106 e. The Morgan fingerprint density at radius 2 is 2.21 bits per heavy atom. The van der Waals surface area contributed by atoms with Crippen LogP contribution in [0.25, 0.3) is 6.08 Å². The van der Waals surface area contributed by atoms with E-state index in [1.807, 2.05) is 36.5 Å². The minimum absolute atomic E-state index is 0.639. The lowest BCUT2D eigenvalue weighted by Crippen LogP contribution is -1.92. The van der Waals surface area contributed by atoms with Gasteiger partial charge in [-0.1, -0.05) is 18.5 Å². The van der Waals surface area contributed by atoms with Gasteiger partial charge in [-0.3, -0.25) is 0 Å². The van der Waals surface area contributed by atoms with Crippen LogP contribution in [0.5, 0.6) is 0 Å². The number of rotatable bonds is 3. The highest BCUT2D eigenvalue weighted by atomic mass is 35.5. The molecule has 1 aliphatic rings. The maximum absolute atomic E-state index is 5.89. The zero-order valence-corrected chi connectivity index (χ0v) is 11.3. The molecule has 3 heterocycles. The number of aromatic nitrogens is 2. The van der Waals surface area contributed by atoms with Gasteiger partial charge < -0.3 is 9.97 Å². The molecule has 0 spiro atoms. The highest BCUT2D eigenvalue weighted by molar-refractivity contribution is 6.29. The van der Waals surface area contributed by atoms with Crippen LogP contribution in [0, 0.1) is 0 Å². The molecule has 0 saturated carbocycles. The minimum atomic E-state index is 0.639. The first-order valence-electron chi connectivity index (χ1n) is 6.26. The van der Waals surface area contributed by atoms with Gasteiger partial charge in [0.05, 0.1) is 17.1 Å². The summed E-state index contributed by atoms with van der Waals surface area (Å²) in [6.07, 6.45) is 7.01. The van der Waals surface area contributed by atoms with Crippen molar-refractivity contribution < 1.29 is 0 Å². The maximum atomic E-state index is 5.89. The zero-order valence-electron chi connectivity index (χ0n) is 10.6. The Kier molecular flexibility index (Phi) is 3.13. The quantitative estimate of drug-likeness (QED) is 0.841. The van der Waals surface area contributed by atoms with Crippen LogP contribution in [0.2, 0.25) is 5.15 Å². The molecule has 0 amide bonds. The SMILES string of the molecule is CCC1=CC(c2ccc[nH]2)=N/C1=C\c1ccc(Cl)[nH]1. The lowest BCUT2D eigenvalue weighted by Gasteiger charge is -1.98. The van der Waals surface area contributed by atoms with Gasteiger partial charge in [0.1, 0.15) is 5.15 Å². The molecule has 3 rings (SSSR count). The standard InChI is InChI=1S/C15H14ClN3/c1-2-10-8-14(12-4-3-7-17-12)19-13(10)9-11-5-6-15(16)18-11/h3-9,17-18H,2H2,1H3/b13-9-. The van der Waals surface area contributed by atoms with Gasteiger partial charge in [0.2, 0.25) is 0 Å². The van der Waals surface area contributed by atoms with Crippen molar-refractivity contribution in [2.45, 2.75) is 13.3 Å². The molecule has 3 nitrogen and oxygen atoms in total. The average Bonchev–Trinajstić information content (AvgIpc) is 3.10. The number of hydrogen-bond acceptors (Lipinski definition) is 1. The number of aliphatic imine (C=N–C) groups is 1. The van der Waals surface area contributed by atoms with Crippen molar-refractivity contribution in [3.05, 3.63) is 64.3 Å². The number of hydrogen-bond donors (Lipinski definition) is 2. The Labute approximate surface area is 116 Å². The van der Waals surface area contributed by atoms with E-state index in [4.69, 9.17) is 11.6 Å². The first kappa shape index (κ1) is 12.1. The van der Waals surface area contributed by atoms with Crippen molar-refractivity contribution in [1.82, 2.24) is 9.97 Å². The molecule has 0 saturated heterocycles. The average molecular weight is 272 g/mol. The summed E-state index contributed by atoms with van der Waals surface area (Å²) < 4.78 is 0. The molecule has 0 aliphatic carbocycles. The Morgan fingerprint density at radius 1 is 1.32 bits per heavy atom. The van der Waals surface area contributed by atoms with E-state index in [-0.39, 0.29) is 0 Å². The van der Waals surface area contributed by atoms with Crippen molar-refractivity contribution in [2.24, 2.45) is 4.99 Å². The van der Waals surface area contributed by atoms with E-state index >= 15 is 0 Å². The molecule has 0 atom stereocenters. The molecule has 0 aromatic carbocycles. The van der Waals surface area contributed by atoms with Gasteiger partial charge in [-0.2, -0.15) is 0 Å². The van der Waals surface area contributed by atoms with Gasteiger partial charge in [0.25, 0.3) is 0 Å². The Bertz CT molecular complexity index is 672. The lowest BCUT2D eigenvalue weighted by atomic mass is 10.1. The Morgan fingerprint density at radius 3 is 2.84 bits per heavy atom. The van der Waals surface area contributed by atoms with E-state index in [0.29, 0.717) is 5.15 Å². The molecule has 2 N–H and O–H groups in total. The van der Waals surface area contributed by atoms with Crippen LogP contribution < -0.4 is 0 Å². The monoisotopic (exact) mass is 271 g/mol. The van der Waals surface area contributed by atoms with Crippen molar-refractivity contribution in [3.63, 3.8) is 0 Å². The summed E-state index contributed by atoms with van der Waals surface area (Å²) >= 11 is 5.89. The normalized spacial score (nSPS) is 16.8. The van der Waals surface area contributed by atoms with E-state index in [2.05, 4.69) is 28.0 Å². The third-order valence-corrected chi connectivity index (χ3v) is 3.32. The number of nitrogens with zero attached hydrogens (tertiary/aromatic N) is 1. The van der Waals surface area contributed by atoms with Crippen LogP contribution in [0.3, 0.4) is 0 Å². The first-order valence-corrected chi connectivity index (χ1v) is 6.63. The van der Waals surface area contributed by atoms with E-state index < -0.39 is 0 Å². The fourth-order valence-corrected chi connectivity index (χ4v) is 2.30. The number of halogens is 1. The largest absolute Gasteiger partial charge is 0.360 e. The van der Waals surface area contributed by atoms with E-state index in [1.54, 1.807) is 0 Å². The van der Waals surface area contributed by atoms with Crippen LogP contribution in [0.15, 0.2) is 52.8 Å². The number of H-pyrrole nitrogens is 2. The van der Waals surface area contributed by atoms with Crippen molar-refractivity contribution in [3.8, 4) is 0 Å². The molecule has 0 unspecified atom stereocenters. The van der Waals surface area contributed by atoms with Crippen LogP contribution in [0.1, 0.15) is 24.7 Å². The van der Waals surface area contributed by atoms with Gasteiger partial charge in [0, 0.05) is 11.9 Å². The van der Waals surface area contributed by atoms with Gasteiger partial charge in [-0.05, 0) is 48.4 Å². The van der Waals surface area contributed by atoms with E-state index in [1.165, 1.54) is 5.57 Å². The smallest absolute Gasteiger partial charge is 0.106 e. The van der Waals surface area contributed by atoms with Crippen LogP contribution in [-0.2, 0) is 0 Å². The first-order chi connectivity index (χ1) is 9.26. The van der Waals surface area contributed by atoms with Gasteiger partial charge in [-0.25, -0.2) is 4.99 Å². The van der Waals surface area contributed by atoms with Gasteiger partial charge in [0.15, 0.2) is 0 Å². The molecule has 2 aromatic rings. The molecule has 0 fully saturated rings. The van der Waals surface area contributed by atoms with Crippen molar-refractivity contribution in [1.29, 1.82) is 0 Å². The molecule has 2 aromatic heterocycles. The minimum Gasteiger partial charge on any atom is -0.360 e. The molecule has 1 aliphatic heterocycles. The topological polar surface area (TPSA) is 43.9 Å². The molecular formula is C15H14ClN3. The second kappa shape index (κ2) is 4.94. The molecule has 96 valence electrons. The highest BCUT2D eigenvalue weighted by Crippen LogP contribution is 2.26. The van der Waals surface area contributed by atoms with Gasteiger partial charge >= 0.3 is 0 Å². The fraction of sp³-hybridized carbons (Fsp3) is 0.133. The summed E-state index contributed by atoms with van der Waals surface area (Å²) in [6, 6.07) is 7.79. The molecule has 0 bridgehead atoms. The van der Waals surface area contributed by atoms with Crippen LogP contribution in [0.4, 0.5) is 0 Å². The summed E-state index contributed by atoms with van der Waals surface area (Å²) in [5, 5.41) is 0.639. The second-order valence-electron chi connectivity index (χ2n) is 4.40. The third-order valence-electron chi connectivity index (χ3n) is 3.10. The number of allylic oxidation sites excluding steroid dienone is 2. The predicted octanol–water partition coefficient (Wildman–Crippen LogP) is 4.18. The molecule has 4 heteroatoms. The fourth-order valence-electron chi connectivity index (χ4n) is 2.12. The third kappa shape index (κ3) is 2.42. The zero-order chi connectivity index (χ0) is 13.2. The predicted molar refractivity (Wildman–Crippen MR) is 79.5 cm³/mol. The Hall–Kier alpha value is -2.00. The Balaban J connectivity index is 1.97. The van der Waals surface area contributed by atoms with Crippen molar-refractivity contribution in [2.75, 3.05) is 0 Å².